The molecule has 2 heterocycles. The van der Waals surface area contributed by atoms with Gasteiger partial charge in [-0.25, -0.2) is 13.2 Å². The van der Waals surface area contributed by atoms with Crippen molar-refractivity contribution < 1.29 is 32.3 Å². The molecule has 1 spiro atoms. The molecule has 152 valence electrons. The molecule has 2 aliphatic rings. The van der Waals surface area contributed by atoms with Crippen LogP contribution in [-0.4, -0.2) is 69.0 Å². The number of hydrogen-bond donors (Lipinski definition) is 2. The summed E-state index contributed by atoms with van der Waals surface area (Å²) in [6.07, 6.45) is 0.00859. The maximum absolute atomic E-state index is 12.7. The molecular formula is C17H21N3O7S. The minimum absolute atomic E-state index is 0.00429. The van der Waals surface area contributed by atoms with Crippen molar-refractivity contribution in [2.24, 2.45) is 0 Å². The van der Waals surface area contributed by atoms with Gasteiger partial charge in [0.05, 0.1) is 31.4 Å². The first-order chi connectivity index (χ1) is 13.2. The zero-order chi connectivity index (χ0) is 20.5. The Morgan fingerprint density at radius 3 is 2.50 bits per heavy atom. The van der Waals surface area contributed by atoms with Gasteiger partial charge in [0, 0.05) is 6.07 Å². The van der Waals surface area contributed by atoms with Crippen molar-refractivity contribution in [3.05, 3.63) is 18.2 Å². The van der Waals surface area contributed by atoms with Crippen LogP contribution in [-0.2, 0) is 19.4 Å². The number of hydrogen-bond acceptors (Lipinski definition) is 7. The van der Waals surface area contributed by atoms with Crippen LogP contribution in [0.3, 0.4) is 0 Å². The van der Waals surface area contributed by atoms with E-state index < -0.39 is 39.8 Å². The average molecular weight is 411 g/mol. The fourth-order valence-electron chi connectivity index (χ4n) is 3.28. The second-order valence-corrected chi connectivity index (χ2v) is 8.97. The quantitative estimate of drug-likeness (QED) is 0.659. The van der Waals surface area contributed by atoms with Crippen molar-refractivity contribution in [3.8, 4) is 11.5 Å². The van der Waals surface area contributed by atoms with Crippen LogP contribution >= 0.6 is 0 Å². The van der Waals surface area contributed by atoms with Gasteiger partial charge >= 0.3 is 6.03 Å². The van der Waals surface area contributed by atoms with Gasteiger partial charge in [-0.3, -0.25) is 14.5 Å². The zero-order valence-corrected chi connectivity index (χ0v) is 16.3. The standard InChI is InChI=1S/C17H21N3O7S/c1-26-11-3-4-12(13(9-11)27-2)18-14(21)10-20-15(22)17(19-16(20)23)5-7-28(24,25)8-6-17/h3-4,9H,5-8,10H2,1-2H3,(H,18,21)(H,19,23). The highest BCUT2D eigenvalue weighted by molar-refractivity contribution is 7.91. The molecule has 0 saturated carbocycles. The number of methoxy groups -OCH3 is 2. The highest BCUT2D eigenvalue weighted by Gasteiger charge is 2.53. The molecule has 1 aromatic carbocycles. The summed E-state index contributed by atoms with van der Waals surface area (Å²) in [5, 5.41) is 5.16. The number of carbonyl (C=O) groups is 3. The molecule has 0 radical (unpaired) electrons. The van der Waals surface area contributed by atoms with Gasteiger partial charge in [-0.05, 0) is 25.0 Å². The maximum Gasteiger partial charge on any atom is 0.325 e. The van der Waals surface area contributed by atoms with Gasteiger partial charge in [0.25, 0.3) is 5.91 Å². The zero-order valence-electron chi connectivity index (χ0n) is 15.5. The summed E-state index contributed by atoms with van der Waals surface area (Å²) in [6, 6.07) is 4.08. The molecule has 0 atom stereocenters. The van der Waals surface area contributed by atoms with Crippen molar-refractivity contribution in [3.63, 3.8) is 0 Å². The predicted molar refractivity (Wildman–Crippen MR) is 99.0 cm³/mol. The molecule has 4 amide bonds. The number of anilines is 1. The lowest BCUT2D eigenvalue weighted by Crippen LogP contribution is -2.52. The third-order valence-electron chi connectivity index (χ3n) is 4.91. The molecule has 2 fully saturated rings. The highest BCUT2D eigenvalue weighted by atomic mass is 32.2. The van der Waals surface area contributed by atoms with Crippen molar-refractivity contribution in [2.45, 2.75) is 18.4 Å². The molecule has 0 bridgehead atoms. The molecule has 0 unspecified atom stereocenters. The van der Waals surface area contributed by atoms with Crippen LogP contribution < -0.4 is 20.1 Å². The Hall–Kier alpha value is -2.82. The van der Waals surface area contributed by atoms with E-state index in [-0.39, 0.29) is 24.3 Å². The van der Waals surface area contributed by atoms with Gasteiger partial charge in [-0.2, -0.15) is 0 Å². The fraction of sp³-hybridized carbons (Fsp3) is 0.471. The lowest BCUT2D eigenvalue weighted by atomic mass is 9.92. The summed E-state index contributed by atoms with van der Waals surface area (Å²) >= 11 is 0. The number of nitrogens with one attached hydrogen (secondary N) is 2. The first-order valence-electron chi connectivity index (χ1n) is 8.56. The van der Waals surface area contributed by atoms with E-state index in [1.165, 1.54) is 14.2 Å². The van der Waals surface area contributed by atoms with Crippen molar-refractivity contribution in [1.82, 2.24) is 10.2 Å². The summed E-state index contributed by atoms with van der Waals surface area (Å²) in [6.45, 7) is -0.492. The van der Waals surface area contributed by atoms with Gasteiger partial charge in [0.2, 0.25) is 5.91 Å². The Bertz CT molecular complexity index is 915. The largest absolute Gasteiger partial charge is 0.497 e. The maximum atomic E-state index is 12.7. The molecule has 2 N–H and O–H groups in total. The molecule has 0 aromatic heterocycles. The van der Waals surface area contributed by atoms with E-state index in [0.717, 1.165) is 4.90 Å². The summed E-state index contributed by atoms with van der Waals surface area (Å²) in [4.78, 5) is 38.2. The predicted octanol–water partition coefficient (Wildman–Crippen LogP) is 0.142. The Morgan fingerprint density at radius 1 is 1.21 bits per heavy atom. The molecule has 11 heteroatoms. The smallest absolute Gasteiger partial charge is 0.325 e. The van der Waals surface area contributed by atoms with Crippen LogP contribution in [0.4, 0.5) is 10.5 Å². The molecule has 2 saturated heterocycles. The van der Waals surface area contributed by atoms with E-state index in [2.05, 4.69) is 10.6 Å². The molecular weight excluding hydrogens is 390 g/mol. The van der Waals surface area contributed by atoms with Gasteiger partial charge in [0.15, 0.2) is 9.84 Å². The van der Waals surface area contributed by atoms with Crippen LogP contribution in [0, 0.1) is 0 Å². The second kappa shape index (κ2) is 7.30. The number of nitrogens with zero attached hydrogens (tertiary/aromatic N) is 1. The van der Waals surface area contributed by atoms with E-state index in [1.54, 1.807) is 18.2 Å². The number of imide groups is 1. The SMILES string of the molecule is COc1ccc(NC(=O)CN2C(=O)NC3(CCS(=O)(=O)CC3)C2=O)c(OC)c1. The number of carbonyl (C=O) groups excluding carboxylic acids is 3. The van der Waals surface area contributed by atoms with Crippen LogP contribution in [0.15, 0.2) is 18.2 Å². The van der Waals surface area contributed by atoms with Gasteiger partial charge in [-0.1, -0.05) is 0 Å². The minimum atomic E-state index is -3.21. The van der Waals surface area contributed by atoms with Crippen LogP contribution in [0.25, 0.3) is 0 Å². The molecule has 3 rings (SSSR count). The molecule has 0 aliphatic carbocycles. The van der Waals surface area contributed by atoms with Crippen molar-refractivity contribution in [2.75, 3.05) is 37.6 Å². The first kappa shape index (κ1) is 19.9. The monoisotopic (exact) mass is 411 g/mol. The van der Waals surface area contributed by atoms with Crippen molar-refractivity contribution >= 4 is 33.4 Å². The summed E-state index contributed by atoms with van der Waals surface area (Å²) < 4.78 is 33.5. The van der Waals surface area contributed by atoms with Crippen LogP contribution in [0.5, 0.6) is 11.5 Å². The molecule has 28 heavy (non-hydrogen) atoms. The number of rotatable bonds is 5. The number of amides is 4. The summed E-state index contributed by atoms with van der Waals surface area (Å²) in [5.41, 5.74) is -0.889. The molecule has 10 nitrogen and oxygen atoms in total. The van der Waals surface area contributed by atoms with Crippen molar-refractivity contribution in [1.29, 1.82) is 0 Å². The average Bonchev–Trinajstić information content (AvgIpc) is 2.89. The number of benzene rings is 1. The summed E-state index contributed by atoms with van der Waals surface area (Å²) in [7, 11) is -0.277. The van der Waals surface area contributed by atoms with Gasteiger partial charge in [-0.15, -0.1) is 0 Å². The lowest BCUT2D eigenvalue weighted by Gasteiger charge is -2.30. The van der Waals surface area contributed by atoms with E-state index in [9.17, 15) is 22.8 Å². The van der Waals surface area contributed by atoms with Gasteiger partial charge in [0.1, 0.15) is 23.6 Å². The van der Waals surface area contributed by atoms with E-state index in [4.69, 9.17) is 9.47 Å². The third-order valence-corrected chi connectivity index (χ3v) is 6.56. The second-order valence-electron chi connectivity index (χ2n) is 6.67. The Balaban J connectivity index is 1.69. The Kier molecular flexibility index (Phi) is 5.20. The molecule has 1 aromatic rings. The summed E-state index contributed by atoms with van der Waals surface area (Å²) in [5.74, 6) is -0.627. The van der Waals surface area contributed by atoms with Crippen LogP contribution in [0.2, 0.25) is 0 Å². The van der Waals surface area contributed by atoms with Gasteiger partial charge < -0.3 is 20.1 Å². The number of sulfone groups is 1. The topological polar surface area (TPSA) is 131 Å². The number of ether oxygens (including phenoxy) is 2. The van der Waals surface area contributed by atoms with E-state index in [0.29, 0.717) is 17.2 Å². The lowest BCUT2D eigenvalue weighted by molar-refractivity contribution is -0.134. The highest BCUT2D eigenvalue weighted by Crippen LogP contribution is 2.31. The Morgan fingerprint density at radius 2 is 1.89 bits per heavy atom. The fourth-order valence-corrected chi connectivity index (χ4v) is 4.80. The minimum Gasteiger partial charge on any atom is -0.497 e. The van der Waals surface area contributed by atoms with E-state index in [1.807, 2.05) is 0 Å². The van der Waals surface area contributed by atoms with Crippen LogP contribution in [0.1, 0.15) is 12.8 Å². The normalized spacial score (nSPS) is 20.0. The first-order valence-corrected chi connectivity index (χ1v) is 10.4. The molecule has 2 aliphatic heterocycles. The number of urea groups is 1. The third kappa shape index (κ3) is 3.75. The Labute approximate surface area is 162 Å². The van der Waals surface area contributed by atoms with E-state index >= 15 is 0 Å².